The molecule has 114 valence electrons. The Hall–Kier alpha value is -1.13. The predicted molar refractivity (Wildman–Crippen MR) is 89.1 cm³/mol. The van der Waals surface area contributed by atoms with Crippen molar-refractivity contribution in [2.45, 2.75) is 57.5 Å². The molecule has 2 atom stereocenters. The summed E-state index contributed by atoms with van der Waals surface area (Å²) in [5, 5.41) is 5.82. The molecule has 0 aromatic carbocycles. The van der Waals surface area contributed by atoms with Crippen molar-refractivity contribution in [3.05, 3.63) is 40.1 Å². The maximum atomic E-state index is 4.59. The first-order chi connectivity index (χ1) is 10.3. The van der Waals surface area contributed by atoms with Gasteiger partial charge in [0.1, 0.15) is 5.82 Å². The van der Waals surface area contributed by atoms with Crippen molar-refractivity contribution in [3.8, 4) is 0 Å². The van der Waals surface area contributed by atoms with Gasteiger partial charge >= 0.3 is 0 Å². The number of thiophene rings is 1. The van der Waals surface area contributed by atoms with Gasteiger partial charge in [0.15, 0.2) is 0 Å². The number of aromatic nitrogens is 2. The molecule has 0 radical (unpaired) electrons. The molecule has 1 aliphatic carbocycles. The summed E-state index contributed by atoms with van der Waals surface area (Å²) in [7, 11) is 2.10. The van der Waals surface area contributed by atoms with Crippen molar-refractivity contribution in [2.24, 2.45) is 0 Å². The maximum absolute atomic E-state index is 4.59. The van der Waals surface area contributed by atoms with Gasteiger partial charge in [0.05, 0.1) is 0 Å². The SMILES string of the molecule is CCCn1ccnc1CC(NC)C1CCCc2sccc21. The topological polar surface area (TPSA) is 29.9 Å². The summed E-state index contributed by atoms with van der Waals surface area (Å²) in [6.07, 6.45) is 10.1. The predicted octanol–water partition coefficient (Wildman–Crippen LogP) is 3.61. The third-order valence-electron chi connectivity index (χ3n) is 4.62. The Kier molecular flexibility index (Phi) is 4.76. The molecular weight excluding hydrogens is 278 g/mol. The highest BCUT2D eigenvalue weighted by molar-refractivity contribution is 7.10. The molecule has 0 saturated heterocycles. The Bertz CT molecular complexity index is 572. The molecule has 0 fully saturated rings. The third-order valence-corrected chi connectivity index (χ3v) is 5.62. The Morgan fingerprint density at radius 2 is 2.43 bits per heavy atom. The average Bonchev–Trinajstić information content (AvgIpc) is 3.14. The summed E-state index contributed by atoms with van der Waals surface area (Å²) in [6.45, 7) is 3.29. The van der Waals surface area contributed by atoms with E-state index in [0.29, 0.717) is 12.0 Å². The fraction of sp³-hybridized carbons (Fsp3) is 0.588. The van der Waals surface area contributed by atoms with Crippen LogP contribution in [-0.2, 0) is 19.4 Å². The maximum Gasteiger partial charge on any atom is 0.110 e. The molecule has 0 amide bonds. The molecule has 0 saturated carbocycles. The Morgan fingerprint density at radius 3 is 3.24 bits per heavy atom. The van der Waals surface area contributed by atoms with Crippen LogP contribution in [0.5, 0.6) is 0 Å². The molecule has 2 unspecified atom stereocenters. The van der Waals surface area contributed by atoms with E-state index >= 15 is 0 Å². The smallest absolute Gasteiger partial charge is 0.110 e. The molecule has 1 N–H and O–H groups in total. The first-order valence-corrected chi connectivity index (χ1v) is 8.95. The quantitative estimate of drug-likeness (QED) is 0.883. The zero-order valence-corrected chi connectivity index (χ0v) is 13.8. The number of nitrogens with zero attached hydrogens (tertiary/aromatic N) is 2. The number of likely N-dealkylation sites (N-methyl/N-ethyl adjacent to an activating group) is 1. The molecule has 0 aliphatic heterocycles. The second-order valence-corrected chi connectivity index (χ2v) is 6.93. The highest BCUT2D eigenvalue weighted by Crippen LogP contribution is 2.37. The van der Waals surface area contributed by atoms with Gasteiger partial charge in [-0.15, -0.1) is 11.3 Å². The molecule has 2 aromatic heterocycles. The minimum Gasteiger partial charge on any atom is -0.335 e. The van der Waals surface area contributed by atoms with Gasteiger partial charge in [0.2, 0.25) is 0 Å². The van der Waals surface area contributed by atoms with Gasteiger partial charge in [0, 0.05) is 42.2 Å². The minimum atomic E-state index is 0.483. The molecule has 2 aromatic rings. The van der Waals surface area contributed by atoms with Gasteiger partial charge < -0.3 is 9.88 Å². The summed E-state index contributed by atoms with van der Waals surface area (Å²) in [5.74, 6) is 1.86. The minimum absolute atomic E-state index is 0.483. The van der Waals surface area contributed by atoms with E-state index in [1.165, 1.54) is 25.1 Å². The Morgan fingerprint density at radius 1 is 1.52 bits per heavy atom. The lowest BCUT2D eigenvalue weighted by atomic mass is 9.81. The monoisotopic (exact) mass is 303 g/mol. The largest absolute Gasteiger partial charge is 0.335 e. The van der Waals surface area contributed by atoms with Crippen LogP contribution in [0.15, 0.2) is 23.8 Å². The summed E-state index contributed by atoms with van der Waals surface area (Å²) in [4.78, 5) is 6.19. The molecule has 3 rings (SSSR count). The van der Waals surface area contributed by atoms with E-state index in [1.807, 2.05) is 17.5 Å². The van der Waals surface area contributed by atoms with E-state index in [2.05, 4.69) is 46.5 Å². The van der Waals surface area contributed by atoms with Crippen LogP contribution in [0.2, 0.25) is 0 Å². The third kappa shape index (κ3) is 3.06. The van der Waals surface area contributed by atoms with Gasteiger partial charge in [0.25, 0.3) is 0 Å². The Labute approximate surface area is 131 Å². The fourth-order valence-electron chi connectivity index (χ4n) is 3.56. The molecular formula is C17H25N3S. The summed E-state index contributed by atoms with van der Waals surface area (Å²) in [6, 6.07) is 2.82. The van der Waals surface area contributed by atoms with Gasteiger partial charge in [-0.2, -0.15) is 0 Å². The summed E-state index contributed by atoms with van der Waals surface area (Å²) < 4.78 is 2.31. The first kappa shape index (κ1) is 14.8. The average molecular weight is 303 g/mol. The van der Waals surface area contributed by atoms with E-state index in [1.54, 1.807) is 10.4 Å². The van der Waals surface area contributed by atoms with Crippen LogP contribution in [-0.4, -0.2) is 22.6 Å². The number of hydrogen-bond acceptors (Lipinski definition) is 3. The van der Waals surface area contributed by atoms with E-state index < -0.39 is 0 Å². The van der Waals surface area contributed by atoms with Gasteiger partial charge in [-0.25, -0.2) is 4.98 Å². The van der Waals surface area contributed by atoms with Crippen LogP contribution in [0, 0.1) is 0 Å². The lowest BCUT2D eigenvalue weighted by Crippen LogP contribution is -2.36. The fourth-order valence-corrected chi connectivity index (χ4v) is 4.55. The molecule has 3 nitrogen and oxygen atoms in total. The molecule has 21 heavy (non-hydrogen) atoms. The normalized spacial score (nSPS) is 19.4. The van der Waals surface area contributed by atoms with Crippen LogP contribution in [0.3, 0.4) is 0 Å². The second-order valence-electron chi connectivity index (χ2n) is 5.93. The van der Waals surface area contributed by atoms with Gasteiger partial charge in [-0.1, -0.05) is 6.92 Å². The molecule has 2 heterocycles. The second kappa shape index (κ2) is 6.75. The van der Waals surface area contributed by atoms with Crippen LogP contribution in [0.25, 0.3) is 0 Å². The van der Waals surface area contributed by atoms with Crippen LogP contribution < -0.4 is 5.32 Å². The van der Waals surface area contributed by atoms with Crippen LogP contribution in [0.4, 0.5) is 0 Å². The van der Waals surface area contributed by atoms with Crippen LogP contribution >= 0.6 is 11.3 Å². The van der Waals surface area contributed by atoms with E-state index in [-0.39, 0.29) is 0 Å². The van der Waals surface area contributed by atoms with Crippen molar-refractivity contribution in [1.29, 1.82) is 0 Å². The van der Waals surface area contributed by atoms with Crippen molar-refractivity contribution in [3.63, 3.8) is 0 Å². The van der Waals surface area contributed by atoms with Crippen LogP contribution in [0.1, 0.15) is 48.4 Å². The number of nitrogens with one attached hydrogen (secondary N) is 1. The van der Waals surface area contributed by atoms with E-state index in [9.17, 15) is 0 Å². The van der Waals surface area contributed by atoms with E-state index in [4.69, 9.17) is 0 Å². The van der Waals surface area contributed by atoms with E-state index in [0.717, 1.165) is 19.4 Å². The number of hydrogen-bond donors (Lipinski definition) is 1. The molecule has 0 spiro atoms. The number of rotatable bonds is 6. The zero-order chi connectivity index (χ0) is 14.7. The Balaban J connectivity index is 1.79. The lowest BCUT2D eigenvalue weighted by Gasteiger charge is -2.30. The highest BCUT2D eigenvalue weighted by atomic mass is 32.1. The molecule has 0 bridgehead atoms. The summed E-state index contributed by atoms with van der Waals surface area (Å²) in [5.41, 5.74) is 1.58. The number of imidazole rings is 1. The zero-order valence-electron chi connectivity index (χ0n) is 13.0. The van der Waals surface area contributed by atoms with Crippen molar-refractivity contribution in [2.75, 3.05) is 7.05 Å². The van der Waals surface area contributed by atoms with Crippen molar-refractivity contribution >= 4 is 11.3 Å². The highest BCUT2D eigenvalue weighted by Gasteiger charge is 2.28. The molecule has 1 aliphatic rings. The lowest BCUT2D eigenvalue weighted by molar-refractivity contribution is 0.403. The van der Waals surface area contributed by atoms with Crippen molar-refractivity contribution in [1.82, 2.24) is 14.9 Å². The number of aryl methyl sites for hydroxylation is 2. The molecule has 4 heteroatoms. The first-order valence-electron chi connectivity index (χ1n) is 8.07. The van der Waals surface area contributed by atoms with Gasteiger partial charge in [-0.05, 0) is 49.7 Å². The summed E-state index contributed by atoms with van der Waals surface area (Å²) >= 11 is 1.93. The standard InChI is InChI=1S/C17H25N3S/c1-3-9-20-10-8-19-17(20)12-15(18-2)13-5-4-6-16-14(13)7-11-21-16/h7-8,10-11,13,15,18H,3-6,9,12H2,1-2H3. The number of fused-ring (bicyclic) bond motifs is 1. The van der Waals surface area contributed by atoms with Gasteiger partial charge in [-0.3, -0.25) is 0 Å². The van der Waals surface area contributed by atoms with Crippen molar-refractivity contribution < 1.29 is 0 Å².